The van der Waals surface area contributed by atoms with Gasteiger partial charge in [-0.15, -0.1) is 0 Å². The number of hydrogen-bond acceptors (Lipinski definition) is 3. The molecule has 0 aliphatic rings. The van der Waals surface area contributed by atoms with Gasteiger partial charge < -0.3 is 4.98 Å². The Bertz CT molecular complexity index is 929. The maximum absolute atomic E-state index is 13.8. The minimum Gasteiger partial charge on any atom is -0.339 e. The van der Waals surface area contributed by atoms with Crippen molar-refractivity contribution in [1.82, 2.24) is 19.9 Å². The van der Waals surface area contributed by atoms with Gasteiger partial charge in [-0.1, -0.05) is 0 Å². The first-order valence-corrected chi connectivity index (χ1v) is 6.16. The third-order valence-corrected chi connectivity index (χ3v) is 3.26. The molecule has 0 aromatic carbocycles. The zero-order valence-electron chi connectivity index (χ0n) is 10.3. The fourth-order valence-corrected chi connectivity index (χ4v) is 2.32. The molecule has 0 atom stereocenters. The number of rotatable bonds is 1. The number of aromatic amines is 1. The van der Waals surface area contributed by atoms with Gasteiger partial charge in [0.2, 0.25) is 0 Å². The molecule has 0 radical (unpaired) electrons. The fraction of sp³-hybridized carbons (Fsp3) is 0. The zero-order valence-corrected chi connectivity index (χ0v) is 10.3. The Kier molecular flexibility index (Phi) is 2.26. The number of pyridine rings is 3. The third-order valence-electron chi connectivity index (χ3n) is 3.26. The van der Waals surface area contributed by atoms with Crippen molar-refractivity contribution in [1.29, 1.82) is 0 Å². The van der Waals surface area contributed by atoms with Gasteiger partial charge in [-0.3, -0.25) is 9.97 Å². The van der Waals surface area contributed by atoms with Gasteiger partial charge in [-0.25, -0.2) is 9.37 Å². The van der Waals surface area contributed by atoms with Crippen molar-refractivity contribution in [2.45, 2.75) is 0 Å². The van der Waals surface area contributed by atoms with Crippen LogP contribution < -0.4 is 0 Å². The van der Waals surface area contributed by atoms with Gasteiger partial charge in [0, 0.05) is 29.4 Å². The van der Waals surface area contributed by atoms with E-state index in [1.165, 1.54) is 6.07 Å². The quantitative estimate of drug-likeness (QED) is 0.574. The van der Waals surface area contributed by atoms with Crippen LogP contribution in [0.5, 0.6) is 0 Å². The fourth-order valence-electron chi connectivity index (χ4n) is 2.32. The molecule has 0 saturated heterocycles. The molecule has 4 rings (SSSR count). The van der Waals surface area contributed by atoms with Crippen LogP contribution in [0.15, 0.2) is 48.9 Å². The van der Waals surface area contributed by atoms with Crippen LogP contribution in [0.4, 0.5) is 4.39 Å². The van der Waals surface area contributed by atoms with Crippen LogP contribution in [-0.2, 0) is 0 Å². The predicted octanol–water partition coefficient (Wildman–Crippen LogP) is 3.31. The topological polar surface area (TPSA) is 54.5 Å². The zero-order chi connectivity index (χ0) is 13.5. The highest BCUT2D eigenvalue weighted by Gasteiger charge is 2.10. The van der Waals surface area contributed by atoms with Crippen LogP contribution in [0.1, 0.15) is 0 Å². The minimum atomic E-state index is -0.378. The van der Waals surface area contributed by atoms with E-state index in [-0.39, 0.29) is 11.5 Å². The van der Waals surface area contributed by atoms with E-state index in [1.807, 2.05) is 12.1 Å². The smallest absolute Gasteiger partial charge is 0.151 e. The number of halogens is 1. The summed E-state index contributed by atoms with van der Waals surface area (Å²) in [7, 11) is 0. The molecule has 0 bridgehead atoms. The molecule has 0 saturated carbocycles. The molecule has 0 aliphatic heterocycles. The lowest BCUT2D eigenvalue weighted by atomic mass is 10.2. The third kappa shape index (κ3) is 1.56. The first-order valence-electron chi connectivity index (χ1n) is 6.16. The highest BCUT2D eigenvalue weighted by molar-refractivity contribution is 6.05. The lowest BCUT2D eigenvalue weighted by Crippen LogP contribution is -1.91. The largest absolute Gasteiger partial charge is 0.339 e. The minimum absolute atomic E-state index is 0.256. The first-order chi connectivity index (χ1) is 9.83. The summed E-state index contributed by atoms with van der Waals surface area (Å²) >= 11 is 0. The average Bonchev–Trinajstić information content (AvgIpc) is 2.85. The summed E-state index contributed by atoms with van der Waals surface area (Å²) in [5, 5.41) is 1.97. The summed E-state index contributed by atoms with van der Waals surface area (Å²) in [6, 6.07) is 8.51. The van der Waals surface area contributed by atoms with Crippen LogP contribution in [0, 0.1) is 5.82 Å². The van der Waals surface area contributed by atoms with Gasteiger partial charge in [0.25, 0.3) is 0 Å². The van der Waals surface area contributed by atoms with Crippen LogP contribution in [-0.4, -0.2) is 19.9 Å². The highest BCUT2D eigenvalue weighted by Crippen LogP contribution is 2.26. The molecule has 4 nitrogen and oxygen atoms in total. The Morgan fingerprint density at radius 2 is 1.95 bits per heavy atom. The second-order valence-electron chi connectivity index (χ2n) is 4.47. The maximum atomic E-state index is 13.8. The molecule has 4 aromatic heterocycles. The molecule has 5 heteroatoms. The molecule has 0 unspecified atom stereocenters. The SMILES string of the molecule is Fc1cccnc1-c1ccc2c(n1)[nH]c1ccncc12. The van der Waals surface area contributed by atoms with Crippen molar-refractivity contribution in [3.63, 3.8) is 0 Å². The van der Waals surface area contributed by atoms with E-state index in [4.69, 9.17) is 0 Å². The molecule has 4 aromatic rings. The monoisotopic (exact) mass is 264 g/mol. The van der Waals surface area contributed by atoms with Crippen molar-refractivity contribution in [3.8, 4) is 11.4 Å². The second kappa shape index (κ2) is 4.09. The number of fused-ring (bicyclic) bond motifs is 3. The molecule has 1 N–H and O–H groups in total. The number of nitrogens with one attached hydrogen (secondary N) is 1. The summed E-state index contributed by atoms with van der Waals surface area (Å²) in [5.41, 5.74) is 2.43. The van der Waals surface area contributed by atoms with E-state index >= 15 is 0 Å². The lowest BCUT2D eigenvalue weighted by Gasteiger charge is -2.01. The Balaban J connectivity index is 2.00. The van der Waals surface area contributed by atoms with Crippen LogP contribution in [0.3, 0.4) is 0 Å². The van der Waals surface area contributed by atoms with E-state index in [2.05, 4.69) is 19.9 Å². The molecule has 0 aliphatic carbocycles. The predicted molar refractivity (Wildman–Crippen MR) is 74.6 cm³/mol. The van der Waals surface area contributed by atoms with Crippen LogP contribution in [0.2, 0.25) is 0 Å². The molecule has 0 amide bonds. The lowest BCUT2D eigenvalue weighted by molar-refractivity contribution is 0.625. The summed E-state index contributed by atoms with van der Waals surface area (Å²) < 4.78 is 13.8. The Morgan fingerprint density at radius 3 is 2.85 bits per heavy atom. The summed E-state index contributed by atoms with van der Waals surface area (Å²) in [4.78, 5) is 15.8. The van der Waals surface area contributed by atoms with E-state index < -0.39 is 0 Å². The highest BCUT2D eigenvalue weighted by atomic mass is 19.1. The van der Waals surface area contributed by atoms with E-state index in [9.17, 15) is 4.39 Å². The van der Waals surface area contributed by atoms with Crippen molar-refractivity contribution >= 4 is 21.9 Å². The standard InChI is InChI=1S/C15H9FN4/c16-11-2-1-6-18-14(11)13-4-3-9-10-8-17-7-5-12(10)19-15(9)20-13/h1-8H,(H,19,20). The van der Waals surface area contributed by atoms with Crippen molar-refractivity contribution in [3.05, 3.63) is 54.7 Å². The van der Waals surface area contributed by atoms with Gasteiger partial charge in [0.05, 0.1) is 11.2 Å². The summed E-state index contributed by atoms with van der Waals surface area (Å²) in [5.74, 6) is -0.378. The van der Waals surface area contributed by atoms with E-state index in [0.29, 0.717) is 11.3 Å². The van der Waals surface area contributed by atoms with Gasteiger partial charge in [-0.2, -0.15) is 0 Å². The normalized spacial score (nSPS) is 11.2. The second-order valence-corrected chi connectivity index (χ2v) is 4.47. The van der Waals surface area contributed by atoms with Gasteiger partial charge in [-0.05, 0) is 30.3 Å². The first kappa shape index (κ1) is 11.0. The molecule has 0 spiro atoms. The van der Waals surface area contributed by atoms with Crippen LogP contribution >= 0.6 is 0 Å². The van der Waals surface area contributed by atoms with Crippen LogP contribution in [0.25, 0.3) is 33.3 Å². The summed E-state index contributed by atoms with van der Waals surface area (Å²) in [6.45, 7) is 0. The van der Waals surface area contributed by atoms with Crippen molar-refractivity contribution in [2.24, 2.45) is 0 Å². The molecular weight excluding hydrogens is 255 g/mol. The van der Waals surface area contributed by atoms with Gasteiger partial charge >= 0.3 is 0 Å². The maximum Gasteiger partial charge on any atom is 0.151 e. The number of aromatic nitrogens is 4. The van der Waals surface area contributed by atoms with Crippen molar-refractivity contribution < 1.29 is 4.39 Å². The molecule has 20 heavy (non-hydrogen) atoms. The Labute approximate surface area is 113 Å². The number of hydrogen-bond donors (Lipinski definition) is 1. The van der Waals surface area contributed by atoms with Gasteiger partial charge in [0.15, 0.2) is 5.82 Å². The Hall–Kier alpha value is -2.82. The Morgan fingerprint density at radius 1 is 1.00 bits per heavy atom. The van der Waals surface area contributed by atoms with E-state index in [1.54, 1.807) is 30.7 Å². The summed E-state index contributed by atoms with van der Waals surface area (Å²) in [6.07, 6.45) is 5.06. The molecule has 0 fully saturated rings. The number of H-pyrrole nitrogens is 1. The molecular formula is C15H9FN4. The van der Waals surface area contributed by atoms with Crippen molar-refractivity contribution in [2.75, 3.05) is 0 Å². The van der Waals surface area contributed by atoms with E-state index in [0.717, 1.165) is 16.3 Å². The average molecular weight is 264 g/mol. The van der Waals surface area contributed by atoms with Gasteiger partial charge in [0.1, 0.15) is 11.3 Å². The molecule has 96 valence electrons. The molecule has 4 heterocycles. The number of nitrogens with zero attached hydrogens (tertiary/aromatic N) is 3.